The number of nitrogens with zero attached hydrogens (tertiary/aromatic N) is 1. The highest BCUT2D eigenvalue weighted by atomic mass is 16.6. The van der Waals surface area contributed by atoms with Crippen LogP contribution in [-0.4, -0.2) is 30.8 Å². The molecule has 0 radical (unpaired) electrons. The van der Waals surface area contributed by atoms with Crippen LogP contribution in [0.1, 0.15) is 31.4 Å². The molecule has 1 fully saturated rings. The van der Waals surface area contributed by atoms with Crippen molar-refractivity contribution in [3.05, 3.63) is 17.8 Å². The average Bonchev–Trinajstić information content (AvgIpc) is 2.75. The Morgan fingerprint density at radius 1 is 1.50 bits per heavy atom. The molecule has 2 heterocycles. The fourth-order valence-corrected chi connectivity index (χ4v) is 1.61. The maximum absolute atomic E-state index is 5.58. The maximum Gasteiger partial charge on any atom is 0.181 e. The first kappa shape index (κ1) is 11.6. The zero-order chi connectivity index (χ0) is 11.4. The van der Waals surface area contributed by atoms with E-state index in [9.17, 15) is 0 Å². The van der Waals surface area contributed by atoms with Gasteiger partial charge in [-0.1, -0.05) is 13.8 Å². The Bertz CT molecular complexity index is 319. The zero-order valence-electron chi connectivity index (χ0n) is 9.73. The van der Waals surface area contributed by atoms with Crippen molar-refractivity contribution in [1.82, 2.24) is 10.3 Å². The van der Waals surface area contributed by atoms with Crippen LogP contribution in [0.25, 0.3) is 0 Å². The van der Waals surface area contributed by atoms with Crippen LogP contribution in [0.2, 0.25) is 0 Å². The fourth-order valence-electron chi connectivity index (χ4n) is 1.61. The highest BCUT2D eigenvalue weighted by Crippen LogP contribution is 2.23. The van der Waals surface area contributed by atoms with E-state index in [0.717, 1.165) is 11.5 Å². The van der Waals surface area contributed by atoms with Gasteiger partial charge in [0.05, 0.1) is 25.5 Å². The fraction of sp³-hybridized carbons (Fsp3) is 0.727. The Kier molecular flexibility index (Phi) is 3.93. The van der Waals surface area contributed by atoms with Gasteiger partial charge < -0.3 is 19.2 Å². The Balaban J connectivity index is 2.00. The van der Waals surface area contributed by atoms with E-state index < -0.39 is 0 Å². The molecule has 0 spiro atoms. The minimum Gasteiger partial charge on any atom is -0.445 e. The number of nitrogens with one attached hydrogen (secondary N) is 1. The number of hydrogen-bond donors (Lipinski definition) is 1. The van der Waals surface area contributed by atoms with E-state index in [0.29, 0.717) is 32.4 Å². The van der Waals surface area contributed by atoms with Crippen LogP contribution < -0.4 is 5.32 Å². The highest BCUT2D eigenvalue weighted by molar-refractivity contribution is 5.11. The summed E-state index contributed by atoms with van der Waals surface area (Å²) in [5.41, 5.74) is 0.907. The molecule has 1 saturated heterocycles. The molecule has 1 aromatic heterocycles. The molecular weight excluding hydrogens is 208 g/mol. The lowest BCUT2D eigenvalue weighted by atomic mass is 10.2. The zero-order valence-corrected chi connectivity index (χ0v) is 9.73. The van der Waals surface area contributed by atoms with Crippen molar-refractivity contribution in [2.75, 3.05) is 19.8 Å². The van der Waals surface area contributed by atoms with Gasteiger partial charge in [0, 0.05) is 12.6 Å². The van der Waals surface area contributed by atoms with Crippen molar-refractivity contribution < 1.29 is 13.9 Å². The van der Waals surface area contributed by atoms with Gasteiger partial charge in [-0.3, -0.25) is 0 Å². The number of rotatable bonds is 4. The predicted molar refractivity (Wildman–Crippen MR) is 58.0 cm³/mol. The number of aromatic nitrogens is 1. The molecule has 2 rings (SSSR count). The Morgan fingerprint density at radius 3 is 3.06 bits per heavy atom. The van der Waals surface area contributed by atoms with Gasteiger partial charge in [0.2, 0.25) is 0 Å². The minimum absolute atomic E-state index is 0.111. The van der Waals surface area contributed by atoms with E-state index in [1.807, 2.05) is 0 Å². The largest absolute Gasteiger partial charge is 0.445 e. The second-order valence-electron chi connectivity index (χ2n) is 4.13. The molecule has 16 heavy (non-hydrogen) atoms. The highest BCUT2D eigenvalue weighted by Gasteiger charge is 2.23. The van der Waals surface area contributed by atoms with Crippen LogP contribution in [0.3, 0.4) is 0 Å². The molecule has 90 valence electrons. The summed E-state index contributed by atoms with van der Waals surface area (Å²) in [5, 5.41) is 3.31. The Morgan fingerprint density at radius 2 is 2.38 bits per heavy atom. The molecule has 0 saturated carbocycles. The summed E-state index contributed by atoms with van der Waals surface area (Å²) >= 11 is 0. The standard InChI is InChI=1S/C11H18N2O3/c1-8(2)12-5-9-11(16-7-13-9)10-6-14-3-4-15-10/h7-8,10,12H,3-6H2,1-2H3. The molecule has 0 bridgehead atoms. The summed E-state index contributed by atoms with van der Waals surface area (Å²) in [6.45, 7) is 6.71. The van der Waals surface area contributed by atoms with E-state index in [4.69, 9.17) is 13.9 Å². The monoisotopic (exact) mass is 226 g/mol. The van der Waals surface area contributed by atoms with Crippen LogP contribution in [0.4, 0.5) is 0 Å². The van der Waals surface area contributed by atoms with Crippen LogP contribution in [-0.2, 0) is 16.0 Å². The quantitative estimate of drug-likeness (QED) is 0.837. The van der Waals surface area contributed by atoms with Gasteiger partial charge in [-0.25, -0.2) is 4.98 Å². The average molecular weight is 226 g/mol. The summed E-state index contributed by atoms with van der Waals surface area (Å²) in [6.07, 6.45) is 1.35. The van der Waals surface area contributed by atoms with E-state index in [2.05, 4.69) is 24.1 Å². The third kappa shape index (κ3) is 2.81. The van der Waals surface area contributed by atoms with Crippen LogP contribution in [0.15, 0.2) is 10.8 Å². The molecule has 0 aliphatic carbocycles. The molecule has 0 amide bonds. The third-order valence-electron chi connectivity index (χ3n) is 2.46. The first-order chi connectivity index (χ1) is 7.77. The molecular formula is C11H18N2O3. The van der Waals surface area contributed by atoms with Crippen molar-refractivity contribution in [3.63, 3.8) is 0 Å². The first-order valence-electron chi connectivity index (χ1n) is 5.62. The molecule has 0 aromatic carbocycles. The molecule has 1 atom stereocenters. The summed E-state index contributed by atoms with van der Waals surface area (Å²) in [5.74, 6) is 0.785. The minimum atomic E-state index is -0.111. The van der Waals surface area contributed by atoms with Gasteiger partial charge in [0.1, 0.15) is 6.10 Å². The number of hydrogen-bond acceptors (Lipinski definition) is 5. The van der Waals surface area contributed by atoms with Gasteiger partial charge in [-0.2, -0.15) is 0 Å². The molecule has 1 unspecified atom stereocenters. The van der Waals surface area contributed by atoms with E-state index in [-0.39, 0.29) is 6.10 Å². The van der Waals surface area contributed by atoms with Crippen LogP contribution in [0, 0.1) is 0 Å². The molecule has 1 N–H and O–H groups in total. The number of ether oxygens (including phenoxy) is 2. The molecule has 5 heteroatoms. The molecule has 1 aliphatic rings. The van der Waals surface area contributed by atoms with Crippen molar-refractivity contribution in [1.29, 1.82) is 0 Å². The van der Waals surface area contributed by atoms with Crippen LogP contribution in [0.5, 0.6) is 0 Å². The summed E-state index contributed by atoms with van der Waals surface area (Å²) in [4.78, 5) is 4.20. The van der Waals surface area contributed by atoms with Crippen LogP contribution >= 0.6 is 0 Å². The topological polar surface area (TPSA) is 56.5 Å². The normalized spacial score (nSPS) is 21.6. The SMILES string of the molecule is CC(C)NCc1ncoc1C1COCCO1. The maximum atomic E-state index is 5.58. The summed E-state index contributed by atoms with van der Waals surface area (Å²) < 4.78 is 16.3. The van der Waals surface area contributed by atoms with Crippen molar-refractivity contribution in [2.24, 2.45) is 0 Å². The molecule has 1 aliphatic heterocycles. The van der Waals surface area contributed by atoms with E-state index in [1.165, 1.54) is 6.39 Å². The smallest absolute Gasteiger partial charge is 0.181 e. The predicted octanol–water partition coefficient (Wildman–Crippen LogP) is 1.26. The molecule has 1 aromatic rings. The van der Waals surface area contributed by atoms with Crippen molar-refractivity contribution in [3.8, 4) is 0 Å². The number of oxazole rings is 1. The van der Waals surface area contributed by atoms with Gasteiger partial charge in [-0.05, 0) is 0 Å². The van der Waals surface area contributed by atoms with E-state index >= 15 is 0 Å². The second-order valence-corrected chi connectivity index (χ2v) is 4.13. The third-order valence-corrected chi connectivity index (χ3v) is 2.46. The lowest BCUT2D eigenvalue weighted by Gasteiger charge is -2.21. The lowest BCUT2D eigenvalue weighted by molar-refractivity contribution is -0.0980. The van der Waals surface area contributed by atoms with Crippen molar-refractivity contribution in [2.45, 2.75) is 32.5 Å². The summed E-state index contributed by atoms with van der Waals surface area (Å²) in [7, 11) is 0. The second kappa shape index (κ2) is 5.43. The van der Waals surface area contributed by atoms with Gasteiger partial charge in [-0.15, -0.1) is 0 Å². The van der Waals surface area contributed by atoms with Gasteiger partial charge in [0.25, 0.3) is 0 Å². The van der Waals surface area contributed by atoms with Gasteiger partial charge in [0.15, 0.2) is 12.2 Å². The Labute approximate surface area is 95.1 Å². The molecule has 5 nitrogen and oxygen atoms in total. The van der Waals surface area contributed by atoms with Gasteiger partial charge >= 0.3 is 0 Å². The van der Waals surface area contributed by atoms with Crippen molar-refractivity contribution >= 4 is 0 Å². The van der Waals surface area contributed by atoms with E-state index in [1.54, 1.807) is 0 Å². The summed E-state index contributed by atoms with van der Waals surface area (Å²) in [6, 6.07) is 0.424. The Hall–Kier alpha value is -0.910. The lowest BCUT2D eigenvalue weighted by Crippen LogP contribution is -2.25. The first-order valence-corrected chi connectivity index (χ1v) is 5.62.